The smallest absolute Gasteiger partial charge is 0.247 e. The van der Waals surface area contributed by atoms with Crippen molar-refractivity contribution in [3.05, 3.63) is 18.2 Å². The van der Waals surface area contributed by atoms with Crippen molar-refractivity contribution >= 4 is 10.0 Å². The van der Waals surface area contributed by atoms with Crippen LogP contribution in [-0.4, -0.2) is 64.3 Å². The topological polar surface area (TPSA) is 88.1 Å². The number of nitrogens with one attached hydrogen (secondary N) is 1. The molecule has 1 fully saturated rings. The molecule has 1 aromatic rings. The van der Waals surface area contributed by atoms with Gasteiger partial charge in [0.05, 0.1) is 26.4 Å². The number of hydrogen-bond acceptors (Lipinski definition) is 6. The molecule has 0 spiro atoms. The molecule has 1 saturated heterocycles. The van der Waals surface area contributed by atoms with Crippen LogP contribution < -0.4 is 14.8 Å². The molecule has 2 atom stereocenters. The van der Waals surface area contributed by atoms with E-state index in [1.807, 2.05) is 0 Å². The quantitative estimate of drug-likeness (QED) is 0.772. The maximum absolute atomic E-state index is 12.8. The first-order valence-corrected chi connectivity index (χ1v) is 7.94. The van der Waals surface area contributed by atoms with Crippen molar-refractivity contribution in [2.24, 2.45) is 0 Å². The lowest BCUT2D eigenvalue weighted by atomic mass is 10.2. The number of aliphatic hydroxyl groups is 1. The molecule has 0 unspecified atom stereocenters. The van der Waals surface area contributed by atoms with Gasteiger partial charge in [0, 0.05) is 26.2 Å². The van der Waals surface area contributed by atoms with E-state index in [1.165, 1.54) is 31.6 Å². The van der Waals surface area contributed by atoms with Gasteiger partial charge in [0.1, 0.15) is 16.4 Å². The summed E-state index contributed by atoms with van der Waals surface area (Å²) < 4.78 is 36.9. The van der Waals surface area contributed by atoms with E-state index in [4.69, 9.17) is 9.47 Å². The summed E-state index contributed by atoms with van der Waals surface area (Å²) in [6, 6.07) is 4.08. The zero-order chi connectivity index (χ0) is 15.6. The molecule has 0 aliphatic carbocycles. The highest BCUT2D eigenvalue weighted by Gasteiger charge is 2.37. The van der Waals surface area contributed by atoms with E-state index in [2.05, 4.69) is 5.32 Å². The number of hydrogen-bond donors (Lipinski definition) is 2. The number of rotatable bonds is 5. The van der Waals surface area contributed by atoms with Gasteiger partial charge in [-0.05, 0) is 12.1 Å². The molecule has 2 rings (SSSR count). The normalized spacial score (nSPS) is 22.5. The summed E-state index contributed by atoms with van der Waals surface area (Å²) in [4.78, 5) is 0.0194. The van der Waals surface area contributed by atoms with Crippen LogP contribution in [0.3, 0.4) is 0 Å². The average Bonchev–Trinajstić information content (AvgIpc) is 2.91. The summed E-state index contributed by atoms with van der Waals surface area (Å²) in [5, 5.41) is 12.8. The minimum absolute atomic E-state index is 0.0194. The summed E-state index contributed by atoms with van der Waals surface area (Å²) in [5.74, 6) is 0.663. The predicted molar refractivity (Wildman–Crippen MR) is 77.2 cm³/mol. The van der Waals surface area contributed by atoms with E-state index in [0.717, 1.165) is 0 Å². The maximum Gasteiger partial charge on any atom is 0.247 e. The van der Waals surface area contributed by atoms with Crippen molar-refractivity contribution in [1.29, 1.82) is 0 Å². The van der Waals surface area contributed by atoms with Gasteiger partial charge in [-0.15, -0.1) is 0 Å². The lowest BCUT2D eigenvalue weighted by Gasteiger charge is -2.26. The predicted octanol–water partition coefficient (Wildman–Crippen LogP) is -0.343. The molecule has 0 saturated carbocycles. The Morgan fingerprint density at radius 1 is 1.29 bits per heavy atom. The van der Waals surface area contributed by atoms with Crippen LogP contribution >= 0.6 is 0 Å². The maximum atomic E-state index is 12.8. The lowest BCUT2D eigenvalue weighted by molar-refractivity contribution is 0.136. The monoisotopic (exact) mass is 316 g/mol. The van der Waals surface area contributed by atoms with Gasteiger partial charge in [-0.1, -0.05) is 0 Å². The molecule has 0 aromatic heterocycles. The Labute approximate surface area is 124 Å². The number of sulfonamides is 1. The Bertz CT molecular complexity index is 605. The van der Waals surface area contributed by atoms with Gasteiger partial charge in [0.15, 0.2) is 0 Å². The van der Waals surface area contributed by atoms with Gasteiger partial charge in [-0.2, -0.15) is 4.31 Å². The highest BCUT2D eigenvalue weighted by molar-refractivity contribution is 7.89. The first-order valence-electron chi connectivity index (χ1n) is 6.50. The zero-order valence-electron chi connectivity index (χ0n) is 12.2. The average molecular weight is 316 g/mol. The SMILES string of the molecule is COc1ccc(OC)c(S(=O)(=O)N(C)[C@H]2CNC[C@@H]2O)c1. The van der Waals surface area contributed by atoms with Crippen molar-refractivity contribution in [3.63, 3.8) is 0 Å². The van der Waals surface area contributed by atoms with Crippen LogP contribution in [0.5, 0.6) is 11.5 Å². The molecule has 1 aliphatic heterocycles. The van der Waals surface area contributed by atoms with Crippen LogP contribution in [-0.2, 0) is 10.0 Å². The molecule has 0 radical (unpaired) electrons. The first-order chi connectivity index (χ1) is 9.91. The number of benzene rings is 1. The lowest BCUT2D eigenvalue weighted by Crippen LogP contribution is -2.44. The summed E-state index contributed by atoms with van der Waals surface area (Å²) in [6.07, 6.45) is -0.735. The highest BCUT2D eigenvalue weighted by atomic mass is 32.2. The summed E-state index contributed by atoms with van der Waals surface area (Å²) in [5.41, 5.74) is 0. The summed E-state index contributed by atoms with van der Waals surface area (Å²) in [7, 11) is 0.526. The van der Waals surface area contributed by atoms with Crippen LogP contribution in [0.4, 0.5) is 0 Å². The van der Waals surface area contributed by atoms with Crippen LogP contribution in [0.2, 0.25) is 0 Å². The molecule has 1 heterocycles. The van der Waals surface area contributed by atoms with Crippen molar-refractivity contribution in [3.8, 4) is 11.5 Å². The van der Waals surface area contributed by atoms with Crippen molar-refractivity contribution in [2.75, 3.05) is 34.4 Å². The highest BCUT2D eigenvalue weighted by Crippen LogP contribution is 2.31. The van der Waals surface area contributed by atoms with Gasteiger partial charge in [-0.3, -0.25) is 0 Å². The molecular formula is C13H20N2O5S. The van der Waals surface area contributed by atoms with Gasteiger partial charge in [-0.25, -0.2) is 8.42 Å². The van der Waals surface area contributed by atoms with Crippen molar-refractivity contribution in [2.45, 2.75) is 17.0 Å². The molecule has 21 heavy (non-hydrogen) atoms. The van der Waals surface area contributed by atoms with E-state index in [9.17, 15) is 13.5 Å². The third-order valence-corrected chi connectivity index (χ3v) is 5.55. The molecule has 7 nitrogen and oxygen atoms in total. The fourth-order valence-corrected chi connectivity index (χ4v) is 3.89. The molecule has 0 bridgehead atoms. The van der Waals surface area contributed by atoms with Crippen molar-refractivity contribution in [1.82, 2.24) is 9.62 Å². The number of ether oxygens (including phenoxy) is 2. The van der Waals surface area contributed by atoms with E-state index < -0.39 is 22.2 Å². The van der Waals surface area contributed by atoms with E-state index >= 15 is 0 Å². The molecule has 2 N–H and O–H groups in total. The van der Waals surface area contributed by atoms with Gasteiger partial charge in [0.25, 0.3) is 0 Å². The summed E-state index contributed by atoms with van der Waals surface area (Å²) in [6.45, 7) is 0.781. The molecule has 1 aliphatic rings. The first kappa shape index (κ1) is 16.0. The van der Waals surface area contributed by atoms with Crippen LogP contribution in [0.25, 0.3) is 0 Å². The molecule has 8 heteroatoms. The molecule has 0 amide bonds. The van der Waals surface area contributed by atoms with Crippen LogP contribution in [0, 0.1) is 0 Å². The zero-order valence-corrected chi connectivity index (χ0v) is 13.1. The van der Waals surface area contributed by atoms with Crippen LogP contribution in [0.15, 0.2) is 23.1 Å². The summed E-state index contributed by atoms with van der Waals surface area (Å²) >= 11 is 0. The van der Waals surface area contributed by atoms with Crippen molar-refractivity contribution < 1.29 is 23.0 Å². The Morgan fingerprint density at radius 3 is 2.52 bits per heavy atom. The largest absolute Gasteiger partial charge is 0.497 e. The standard InChI is InChI=1S/C13H20N2O5S/c1-15(10-7-14-8-11(10)16)21(17,18)13-6-9(19-2)4-5-12(13)20-3/h4-6,10-11,14,16H,7-8H2,1-3H3/t10-,11-/m0/s1. The molecule has 1 aromatic carbocycles. The Balaban J connectivity index is 2.43. The third kappa shape index (κ3) is 2.98. The molecule has 118 valence electrons. The third-order valence-electron chi connectivity index (χ3n) is 3.65. The van der Waals surface area contributed by atoms with Gasteiger partial charge < -0.3 is 19.9 Å². The Kier molecular flexibility index (Phi) is 4.72. The second kappa shape index (κ2) is 6.18. The minimum atomic E-state index is -3.80. The second-order valence-corrected chi connectivity index (χ2v) is 6.80. The number of methoxy groups -OCH3 is 2. The fourth-order valence-electron chi connectivity index (χ4n) is 2.34. The number of likely N-dealkylation sites (N-methyl/N-ethyl adjacent to an activating group) is 1. The second-order valence-electron chi connectivity index (χ2n) is 4.83. The Hall–Kier alpha value is -1.35. The number of nitrogens with zero attached hydrogens (tertiary/aromatic N) is 1. The minimum Gasteiger partial charge on any atom is -0.497 e. The van der Waals surface area contributed by atoms with E-state index in [-0.39, 0.29) is 10.6 Å². The molecular weight excluding hydrogens is 296 g/mol. The van der Waals surface area contributed by atoms with E-state index in [0.29, 0.717) is 18.8 Å². The fraction of sp³-hybridized carbons (Fsp3) is 0.538. The van der Waals surface area contributed by atoms with Gasteiger partial charge >= 0.3 is 0 Å². The van der Waals surface area contributed by atoms with Crippen LogP contribution in [0.1, 0.15) is 0 Å². The Morgan fingerprint density at radius 2 is 2.00 bits per heavy atom. The van der Waals surface area contributed by atoms with E-state index in [1.54, 1.807) is 12.1 Å². The van der Waals surface area contributed by atoms with Gasteiger partial charge in [0.2, 0.25) is 10.0 Å². The number of β-amino-alcohol motifs (C(OH)–C–C–N with tert-alkyl or cyclic N) is 1. The number of aliphatic hydroxyl groups excluding tert-OH is 1.